The Balaban J connectivity index is 2.65. The van der Waals surface area contributed by atoms with E-state index < -0.39 is 61.6 Å². The highest BCUT2D eigenvalue weighted by atomic mass is 16.6. The van der Waals surface area contributed by atoms with Crippen LogP contribution in [-0.4, -0.2) is 70.5 Å². The van der Waals surface area contributed by atoms with Gasteiger partial charge in [0, 0.05) is 6.92 Å². The average Bonchev–Trinajstić information content (AvgIpc) is 2.68. The van der Waals surface area contributed by atoms with Gasteiger partial charge in [-0.15, -0.1) is 0 Å². The van der Waals surface area contributed by atoms with Gasteiger partial charge in [-0.25, -0.2) is 4.79 Å². The van der Waals surface area contributed by atoms with Gasteiger partial charge in [0.15, 0.2) is 11.9 Å². The minimum absolute atomic E-state index is 0.433. The van der Waals surface area contributed by atoms with Gasteiger partial charge in [-0.3, -0.25) is 4.79 Å². The van der Waals surface area contributed by atoms with Gasteiger partial charge in [0.2, 0.25) is 5.76 Å². The maximum atomic E-state index is 11.4. The largest absolute Gasteiger partial charge is 0.505 e. The van der Waals surface area contributed by atoms with Crippen LogP contribution in [-0.2, 0) is 23.8 Å². The molecular weight excluding hydrogens is 276 g/mol. The molecule has 0 aromatic rings. The molecule has 1 aliphatic heterocycles. The highest BCUT2D eigenvalue weighted by Gasteiger charge is 2.41. The van der Waals surface area contributed by atoms with Crippen LogP contribution in [0.25, 0.3) is 0 Å². The van der Waals surface area contributed by atoms with Crippen molar-refractivity contribution >= 4 is 11.9 Å². The molecule has 1 rings (SSSR count). The number of ether oxygens (including phenoxy) is 3. The van der Waals surface area contributed by atoms with Gasteiger partial charge < -0.3 is 34.6 Å². The van der Waals surface area contributed by atoms with Gasteiger partial charge in [0.05, 0.1) is 6.61 Å². The Labute approximate surface area is 114 Å². The SMILES string of the molecule is CC(=O)OCC(O)C1OC(=O)C(OCC(O)CO)=C1O. The van der Waals surface area contributed by atoms with Crippen LogP contribution in [0.4, 0.5) is 0 Å². The third-order valence-corrected chi connectivity index (χ3v) is 2.36. The molecule has 0 spiro atoms. The first-order valence-electron chi connectivity index (χ1n) is 5.74. The summed E-state index contributed by atoms with van der Waals surface area (Å²) in [4.78, 5) is 22.0. The highest BCUT2D eigenvalue weighted by molar-refractivity contribution is 5.89. The first-order chi connectivity index (χ1) is 9.36. The molecule has 0 aromatic carbocycles. The molecule has 0 saturated heterocycles. The predicted octanol–water partition coefficient (Wildman–Crippen LogP) is -2.02. The zero-order valence-corrected chi connectivity index (χ0v) is 10.7. The van der Waals surface area contributed by atoms with Crippen LogP contribution in [0.5, 0.6) is 0 Å². The van der Waals surface area contributed by atoms with E-state index in [1.165, 1.54) is 0 Å². The molecule has 0 aromatic heterocycles. The Morgan fingerprint density at radius 1 is 1.40 bits per heavy atom. The van der Waals surface area contributed by atoms with Gasteiger partial charge in [-0.1, -0.05) is 0 Å². The third-order valence-electron chi connectivity index (χ3n) is 2.36. The van der Waals surface area contributed by atoms with Crippen molar-refractivity contribution in [3.8, 4) is 0 Å². The van der Waals surface area contributed by atoms with E-state index in [2.05, 4.69) is 9.47 Å². The Morgan fingerprint density at radius 2 is 2.05 bits per heavy atom. The summed E-state index contributed by atoms with van der Waals surface area (Å²) in [7, 11) is 0. The van der Waals surface area contributed by atoms with Crippen LogP contribution in [0.3, 0.4) is 0 Å². The van der Waals surface area contributed by atoms with Crippen molar-refractivity contribution in [2.24, 2.45) is 0 Å². The number of hydrogen-bond acceptors (Lipinski definition) is 9. The molecule has 1 heterocycles. The number of aliphatic hydroxyl groups excluding tert-OH is 4. The van der Waals surface area contributed by atoms with Gasteiger partial charge in [0.1, 0.15) is 25.4 Å². The van der Waals surface area contributed by atoms with Crippen molar-refractivity contribution < 1.29 is 44.2 Å². The summed E-state index contributed by atoms with van der Waals surface area (Å²) in [6, 6.07) is 0. The molecule has 3 unspecified atom stereocenters. The molecule has 20 heavy (non-hydrogen) atoms. The highest BCUT2D eigenvalue weighted by Crippen LogP contribution is 2.24. The standard InChI is InChI=1S/C11H16O9/c1-5(13)18-4-7(15)9-8(16)10(11(17)20-9)19-3-6(14)2-12/h6-7,9,12,14-16H,2-4H2,1H3. The second-order valence-electron chi connectivity index (χ2n) is 4.06. The monoisotopic (exact) mass is 292 g/mol. The van der Waals surface area contributed by atoms with Gasteiger partial charge in [0.25, 0.3) is 0 Å². The lowest BCUT2D eigenvalue weighted by Gasteiger charge is -2.16. The first kappa shape index (κ1) is 16.2. The summed E-state index contributed by atoms with van der Waals surface area (Å²) in [6.45, 7) is -0.350. The molecule has 9 heteroatoms. The van der Waals surface area contributed by atoms with E-state index in [0.717, 1.165) is 6.92 Å². The number of esters is 2. The molecule has 1 aliphatic rings. The molecular formula is C11H16O9. The van der Waals surface area contributed by atoms with Crippen molar-refractivity contribution in [2.75, 3.05) is 19.8 Å². The molecule has 0 radical (unpaired) electrons. The quantitative estimate of drug-likeness (QED) is 0.391. The molecule has 114 valence electrons. The molecule has 0 saturated carbocycles. The Bertz CT molecular complexity index is 403. The number of rotatable bonds is 7. The van der Waals surface area contributed by atoms with E-state index in [1.54, 1.807) is 0 Å². The van der Waals surface area contributed by atoms with Crippen LogP contribution >= 0.6 is 0 Å². The molecule has 0 fully saturated rings. The molecule has 9 nitrogen and oxygen atoms in total. The maximum absolute atomic E-state index is 11.4. The van der Waals surface area contributed by atoms with E-state index in [0.29, 0.717) is 0 Å². The fourth-order valence-corrected chi connectivity index (χ4v) is 1.37. The lowest BCUT2D eigenvalue weighted by Crippen LogP contribution is -2.33. The van der Waals surface area contributed by atoms with Gasteiger partial charge >= 0.3 is 11.9 Å². The van der Waals surface area contributed by atoms with E-state index in [-0.39, 0.29) is 0 Å². The molecule has 3 atom stereocenters. The van der Waals surface area contributed by atoms with Gasteiger partial charge in [-0.2, -0.15) is 0 Å². The fraction of sp³-hybridized carbons (Fsp3) is 0.636. The summed E-state index contributed by atoms with van der Waals surface area (Å²) in [6.07, 6.45) is -4.09. The van der Waals surface area contributed by atoms with Crippen LogP contribution < -0.4 is 0 Å². The topological polar surface area (TPSA) is 143 Å². The Kier molecular flexibility index (Phi) is 5.74. The second-order valence-corrected chi connectivity index (χ2v) is 4.06. The summed E-state index contributed by atoms with van der Waals surface area (Å²) < 4.78 is 14.0. The van der Waals surface area contributed by atoms with E-state index in [4.69, 9.17) is 14.9 Å². The van der Waals surface area contributed by atoms with Crippen molar-refractivity contribution in [3.05, 3.63) is 11.5 Å². The number of aliphatic hydroxyl groups is 4. The van der Waals surface area contributed by atoms with Crippen molar-refractivity contribution in [1.29, 1.82) is 0 Å². The fourth-order valence-electron chi connectivity index (χ4n) is 1.37. The van der Waals surface area contributed by atoms with Crippen LogP contribution in [0, 0.1) is 0 Å². The van der Waals surface area contributed by atoms with Crippen molar-refractivity contribution in [3.63, 3.8) is 0 Å². The molecule has 0 aliphatic carbocycles. The summed E-state index contributed by atoms with van der Waals surface area (Å²) in [5.74, 6) is -2.90. The summed E-state index contributed by atoms with van der Waals surface area (Å²) in [5, 5.41) is 37.0. The normalized spacial score (nSPS) is 21.4. The number of hydrogen-bond donors (Lipinski definition) is 4. The minimum atomic E-state index is -1.45. The first-order valence-corrected chi connectivity index (χ1v) is 5.74. The molecule has 0 amide bonds. The van der Waals surface area contributed by atoms with Crippen LogP contribution in [0.2, 0.25) is 0 Å². The number of cyclic esters (lactones) is 1. The minimum Gasteiger partial charge on any atom is -0.505 e. The van der Waals surface area contributed by atoms with Crippen molar-refractivity contribution in [2.45, 2.75) is 25.2 Å². The predicted molar refractivity (Wildman–Crippen MR) is 61.2 cm³/mol. The number of carbonyl (C=O) groups is 2. The van der Waals surface area contributed by atoms with Gasteiger partial charge in [-0.05, 0) is 0 Å². The average molecular weight is 292 g/mol. The Hall–Kier alpha value is -1.84. The zero-order chi connectivity index (χ0) is 15.3. The third kappa shape index (κ3) is 4.08. The smallest absolute Gasteiger partial charge is 0.378 e. The molecule has 0 bridgehead atoms. The molecule has 4 N–H and O–H groups in total. The summed E-state index contributed by atoms with van der Waals surface area (Å²) >= 11 is 0. The summed E-state index contributed by atoms with van der Waals surface area (Å²) in [5.41, 5.74) is 0. The number of carbonyl (C=O) groups excluding carboxylic acids is 2. The van der Waals surface area contributed by atoms with Crippen LogP contribution in [0.1, 0.15) is 6.92 Å². The van der Waals surface area contributed by atoms with Crippen molar-refractivity contribution in [1.82, 2.24) is 0 Å². The second kappa shape index (κ2) is 7.08. The zero-order valence-electron chi connectivity index (χ0n) is 10.7. The lowest BCUT2D eigenvalue weighted by molar-refractivity contribution is -0.153. The van der Waals surface area contributed by atoms with E-state index >= 15 is 0 Å². The lowest BCUT2D eigenvalue weighted by atomic mass is 10.2. The van der Waals surface area contributed by atoms with Crippen LogP contribution in [0.15, 0.2) is 11.5 Å². The van der Waals surface area contributed by atoms with E-state index in [9.17, 15) is 19.8 Å². The van der Waals surface area contributed by atoms with E-state index in [1.807, 2.05) is 0 Å². The maximum Gasteiger partial charge on any atom is 0.378 e. The Morgan fingerprint density at radius 3 is 2.60 bits per heavy atom.